The molecule has 8 nitrogen and oxygen atoms in total. The molecule has 1 heterocycles. The van der Waals surface area contributed by atoms with Gasteiger partial charge in [-0.05, 0) is 62.8 Å². The number of carbonyl (C=O) groups excluding carboxylic acids is 1. The maximum Gasteiger partial charge on any atom is 0.261 e. The van der Waals surface area contributed by atoms with Crippen LogP contribution in [0.2, 0.25) is 0 Å². The number of benzene rings is 3. The van der Waals surface area contributed by atoms with Crippen molar-refractivity contribution in [3.05, 3.63) is 83.4 Å². The predicted octanol–water partition coefficient (Wildman–Crippen LogP) is 4.24. The van der Waals surface area contributed by atoms with E-state index < -0.39 is 15.4 Å². The number of rotatable bonds is 10. The van der Waals surface area contributed by atoms with Crippen molar-refractivity contribution in [2.24, 2.45) is 0 Å². The van der Waals surface area contributed by atoms with Gasteiger partial charge >= 0.3 is 0 Å². The Morgan fingerprint density at radius 1 is 1.05 bits per heavy atom. The molecule has 1 saturated heterocycles. The molecular weight excluding hydrogens is 492 g/mol. The highest BCUT2D eigenvalue weighted by atomic mass is 32.2. The number of nitrogens with one attached hydrogen (secondary N) is 1. The minimum atomic E-state index is -3.87. The Balaban J connectivity index is 1.80. The standard InChI is InChI=1S/C28H32N2O6S/c1-20-9-12-22(13-10-20)37(32,33)29-25-8-6-5-7-24(25)28(15-16-30(2)18-28)27(31)23-14-11-21(35-4)17-26(23)36-19-34-3/h5-14,17,29H,15-16,18-19H2,1-4H3. The molecule has 0 saturated carbocycles. The van der Waals surface area contributed by atoms with Gasteiger partial charge < -0.3 is 19.1 Å². The van der Waals surface area contributed by atoms with Crippen LogP contribution in [-0.4, -0.2) is 60.3 Å². The summed E-state index contributed by atoms with van der Waals surface area (Å²) in [6, 6.07) is 18.8. The summed E-state index contributed by atoms with van der Waals surface area (Å²) in [5.74, 6) is 0.733. The number of hydrogen-bond donors (Lipinski definition) is 1. The number of Topliss-reactive ketones (excluding diaryl/α,β-unsaturated/α-hetero) is 1. The molecule has 196 valence electrons. The van der Waals surface area contributed by atoms with Crippen LogP contribution >= 0.6 is 0 Å². The van der Waals surface area contributed by atoms with E-state index in [1.54, 1.807) is 61.7 Å². The molecule has 1 atom stereocenters. The van der Waals surface area contributed by atoms with E-state index in [2.05, 4.69) is 9.62 Å². The van der Waals surface area contributed by atoms with E-state index in [0.29, 0.717) is 47.8 Å². The molecule has 3 aromatic rings. The third kappa shape index (κ3) is 5.49. The first-order chi connectivity index (χ1) is 17.7. The van der Waals surface area contributed by atoms with Gasteiger partial charge in [0.1, 0.15) is 11.5 Å². The van der Waals surface area contributed by atoms with E-state index in [1.807, 2.05) is 26.1 Å². The van der Waals surface area contributed by atoms with Crippen molar-refractivity contribution in [3.8, 4) is 11.5 Å². The lowest BCUT2D eigenvalue weighted by Crippen LogP contribution is -2.39. The lowest BCUT2D eigenvalue weighted by atomic mass is 9.73. The Morgan fingerprint density at radius 2 is 1.78 bits per heavy atom. The van der Waals surface area contributed by atoms with Crippen molar-refractivity contribution in [2.45, 2.75) is 23.7 Å². The maximum absolute atomic E-state index is 14.4. The molecule has 37 heavy (non-hydrogen) atoms. The van der Waals surface area contributed by atoms with Crippen LogP contribution in [0.15, 0.2) is 71.6 Å². The van der Waals surface area contributed by atoms with Crippen LogP contribution < -0.4 is 14.2 Å². The van der Waals surface area contributed by atoms with Gasteiger partial charge in [-0.2, -0.15) is 0 Å². The second-order valence-corrected chi connectivity index (χ2v) is 11.0. The number of ketones is 1. The summed E-state index contributed by atoms with van der Waals surface area (Å²) < 4.78 is 45.4. The number of likely N-dealkylation sites (tertiary alicyclic amines) is 1. The van der Waals surface area contributed by atoms with Crippen LogP contribution in [0.25, 0.3) is 0 Å². The lowest BCUT2D eigenvalue weighted by Gasteiger charge is -2.31. The van der Waals surface area contributed by atoms with Crippen LogP contribution in [0.1, 0.15) is 27.9 Å². The van der Waals surface area contributed by atoms with E-state index in [1.165, 1.54) is 7.11 Å². The van der Waals surface area contributed by atoms with E-state index in [9.17, 15) is 13.2 Å². The minimum Gasteiger partial charge on any atom is -0.497 e. The topological polar surface area (TPSA) is 94.2 Å². The smallest absolute Gasteiger partial charge is 0.261 e. The van der Waals surface area contributed by atoms with Gasteiger partial charge in [0.15, 0.2) is 12.6 Å². The van der Waals surface area contributed by atoms with Gasteiger partial charge in [-0.3, -0.25) is 9.52 Å². The van der Waals surface area contributed by atoms with Gasteiger partial charge in [-0.25, -0.2) is 8.42 Å². The second kappa shape index (κ2) is 10.9. The molecule has 0 amide bonds. The summed E-state index contributed by atoms with van der Waals surface area (Å²) in [6.45, 7) is 2.96. The molecule has 4 rings (SSSR count). The van der Waals surface area contributed by atoms with Gasteiger partial charge in [0, 0.05) is 19.7 Å². The zero-order valence-corrected chi connectivity index (χ0v) is 22.3. The van der Waals surface area contributed by atoms with Crippen molar-refractivity contribution in [1.82, 2.24) is 4.90 Å². The summed E-state index contributed by atoms with van der Waals surface area (Å²) >= 11 is 0. The SMILES string of the molecule is COCOc1cc(OC)ccc1C(=O)C1(c2ccccc2NS(=O)(=O)c2ccc(C)cc2)CCN(C)C1. The fourth-order valence-electron chi connectivity index (χ4n) is 4.76. The largest absolute Gasteiger partial charge is 0.497 e. The Labute approximate surface area is 218 Å². The maximum atomic E-state index is 14.4. The van der Waals surface area contributed by atoms with Gasteiger partial charge in [0.2, 0.25) is 0 Å². The van der Waals surface area contributed by atoms with Crippen LogP contribution in [0, 0.1) is 6.92 Å². The molecule has 1 aliphatic heterocycles. The van der Waals surface area contributed by atoms with Crippen LogP contribution in [0.5, 0.6) is 11.5 Å². The number of methoxy groups -OCH3 is 2. The van der Waals surface area contributed by atoms with Crippen molar-refractivity contribution < 1.29 is 27.4 Å². The summed E-state index contributed by atoms with van der Waals surface area (Å²) in [5, 5.41) is 0. The number of para-hydroxylation sites is 1. The van der Waals surface area contributed by atoms with Crippen molar-refractivity contribution in [3.63, 3.8) is 0 Å². The Hall–Kier alpha value is -3.40. The molecule has 1 unspecified atom stereocenters. The fourth-order valence-corrected chi connectivity index (χ4v) is 5.84. The summed E-state index contributed by atoms with van der Waals surface area (Å²) in [5.41, 5.74) is 1.34. The zero-order chi connectivity index (χ0) is 26.6. The second-order valence-electron chi connectivity index (χ2n) is 9.28. The van der Waals surface area contributed by atoms with Crippen LogP contribution in [-0.2, 0) is 20.2 Å². The summed E-state index contributed by atoms with van der Waals surface area (Å²) in [4.78, 5) is 16.6. The molecule has 0 aliphatic carbocycles. The number of hydrogen-bond acceptors (Lipinski definition) is 7. The van der Waals surface area contributed by atoms with Crippen LogP contribution in [0.3, 0.4) is 0 Å². The Kier molecular flexibility index (Phi) is 7.87. The summed E-state index contributed by atoms with van der Waals surface area (Å²) in [7, 11) is 1.12. The average Bonchev–Trinajstić information content (AvgIpc) is 3.29. The predicted molar refractivity (Wildman–Crippen MR) is 142 cm³/mol. The van der Waals surface area contributed by atoms with E-state index in [-0.39, 0.29) is 17.5 Å². The first-order valence-corrected chi connectivity index (χ1v) is 13.4. The highest BCUT2D eigenvalue weighted by molar-refractivity contribution is 7.92. The highest BCUT2D eigenvalue weighted by Crippen LogP contribution is 2.43. The van der Waals surface area contributed by atoms with Gasteiger partial charge in [-0.1, -0.05) is 35.9 Å². The third-order valence-corrected chi connectivity index (χ3v) is 8.06. The molecule has 0 aromatic heterocycles. The highest BCUT2D eigenvalue weighted by Gasteiger charge is 2.47. The van der Waals surface area contributed by atoms with Gasteiger partial charge in [-0.15, -0.1) is 0 Å². The molecule has 0 radical (unpaired) electrons. The quantitative estimate of drug-likeness (QED) is 0.313. The molecule has 0 bridgehead atoms. The number of carbonyl (C=O) groups is 1. The molecule has 1 N–H and O–H groups in total. The number of nitrogens with zero attached hydrogens (tertiary/aromatic N) is 1. The lowest BCUT2D eigenvalue weighted by molar-refractivity contribution is 0.0497. The number of sulfonamides is 1. The number of ether oxygens (including phenoxy) is 3. The Morgan fingerprint density at radius 3 is 2.43 bits per heavy atom. The first kappa shape index (κ1) is 26.7. The average molecular weight is 525 g/mol. The van der Waals surface area contributed by atoms with Crippen molar-refractivity contribution >= 4 is 21.5 Å². The summed E-state index contributed by atoms with van der Waals surface area (Å²) in [6.07, 6.45) is 0.515. The molecule has 9 heteroatoms. The Bertz CT molecular complexity index is 1370. The van der Waals surface area contributed by atoms with E-state index >= 15 is 0 Å². The monoisotopic (exact) mass is 524 g/mol. The molecule has 3 aromatic carbocycles. The zero-order valence-electron chi connectivity index (χ0n) is 21.5. The van der Waals surface area contributed by atoms with E-state index in [4.69, 9.17) is 14.2 Å². The number of anilines is 1. The van der Waals surface area contributed by atoms with Crippen LogP contribution in [0.4, 0.5) is 5.69 Å². The third-order valence-electron chi connectivity index (χ3n) is 6.68. The normalized spacial score (nSPS) is 17.9. The molecular formula is C28H32N2O6S. The number of likely N-dealkylation sites (N-methyl/N-ethyl adjacent to an activating group) is 1. The molecule has 1 fully saturated rings. The minimum absolute atomic E-state index is 0.0344. The van der Waals surface area contributed by atoms with Crippen molar-refractivity contribution in [1.29, 1.82) is 0 Å². The van der Waals surface area contributed by atoms with E-state index in [0.717, 1.165) is 5.56 Å². The first-order valence-electron chi connectivity index (χ1n) is 11.9. The van der Waals surface area contributed by atoms with Gasteiger partial charge in [0.25, 0.3) is 10.0 Å². The van der Waals surface area contributed by atoms with Crippen molar-refractivity contribution in [2.75, 3.05) is 45.9 Å². The molecule has 0 spiro atoms. The van der Waals surface area contributed by atoms with Gasteiger partial charge in [0.05, 0.1) is 28.7 Å². The molecule has 1 aliphatic rings. The fraction of sp³-hybridized carbons (Fsp3) is 0.321. The number of aryl methyl sites for hydroxylation is 1.